The Bertz CT molecular complexity index is 853. The SMILES string of the molecule is CN(CCCN1CCOCC1)S(=O)(=O)c1cccc(CNCc2ccccc2)c1. The first-order valence-electron chi connectivity index (χ1n) is 10.2. The van der Waals surface area contributed by atoms with Crippen molar-refractivity contribution < 1.29 is 13.2 Å². The topological polar surface area (TPSA) is 61.9 Å². The molecule has 1 saturated heterocycles. The second kappa shape index (κ2) is 10.8. The van der Waals surface area contributed by atoms with Crippen molar-refractivity contribution in [3.63, 3.8) is 0 Å². The number of nitrogens with zero attached hydrogens (tertiary/aromatic N) is 2. The molecule has 7 heteroatoms. The van der Waals surface area contributed by atoms with Gasteiger partial charge in [-0.25, -0.2) is 12.7 Å². The standard InChI is InChI=1S/C22H31N3O3S/c1-24(11-6-12-25-13-15-28-16-14-25)29(26,27)22-10-5-9-21(17-22)19-23-18-20-7-3-2-4-8-20/h2-5,7-10,17,23H,6,11-16,18-19H2,1H3. The number of hydrogen-bond donors (Lipinski definition) is 1. The maximum Gasteiger partial charge on any atom is 0.242 e. The summed E-state index contributed by atoms with van der Waals surface area (Å²) in [5.41, 5.74) is 2.17. The van der Waals surface area contributed by atoms with E-state index < -0.39 is 10.0 Å². The Morgan fingerprint density at radius 3 is 2.45 bits per heavy atom. The third-order valence-electron chi connectivity index (χ3n) is 5.16. The zero-order chi connectivity index (χ0) is 20.5. The molecule has 0 atom stereocenters. The number of nitrogens with one attached hydrogen (secondary N) is 1. The van der Waals surface area contributed by atoms with Crippen molar-refractivity contribution in [1.29, 1.82) is 0 Å². The Labute approximate surface area is 174 Å². The quantitative estimate of drug-likeness (QED) is 0.643. The molecule has 0 aliphatic carbocycles. The van der Waals surface area contributed by atoms with Crippen molar-refractivity contribution in [2.24, 2.45) is 0 Å². The highest BCUT2D eigenvalue weighted by atomic mass is 32.2. The van der Waals surface area contributed by atoms with Gasteiger partial charge in [-0.1, -0.05) is 42.5 Å². The largest absolute Gasteiger partial charge is 0.379 e. The van der Waals surface area contributed by atoms with Gasteiger partial charge in [0, 0.05) is 39.8 Å². The second-order valence-electron chi connectivity index (χ2n) is 7.37. The van der Waals surface area contributed by atoms with Crippen LogP contribution in [-0.4, -0.2) is 64.1 Å². The Balaban J connectivity index is 1.51. The van der Waals surface area contributed by atoms with Crippen LogP contribution < -0.4 is 5.32 Å². The summed E-state index contributed by atoms with van der Waals surface area (Å²) in [7, 11) is -1.82. The molecule has 0 spiro atoms. The van der Waals surface area contributed by atoms with Crippen LogP contribution in [0.3, 0.4) is 0 Å². The van der Waals surface area contributed by atoms with Gasteiger partial charge in [0.05, 0.1) is 18.1 Å². The smallest absolute Gasteiger partial charge is 0.242 e. The van der Waals surface area contributed by atoms with Gasteiger partial charge in [-0.2, -0.15) is 0 Å². The Morgan fingerprint density at radius 2 is 1.69 bits per heavy atom. The molecule has 29 heavy (non-hydrogen) atoms. The number of benzene rings is 2. The third-order valence-corrected chi connectivity index (χ3v) is 7.01. The first kappa shape index (κ1) is 21.9. The molecule has 0 saturated carbocycles. The van der Waals surface area contributed by atoms with Crippen LogP contribution in [0.25, 0.3) is 0 Å². The average molecular weight is 418 g/mol. The molecule has 1 fully saturated rings. The normalized spacial score (nSPS) is 15.7. The molecular formula is C22H31N3O3S. The van der Waals surface area contributed by atoms with E-state index in [1.54, 1.807) is 19.2 Å². The van der Waals surface area contributed by atoms with Crippen LogP contribution in [0.1, 0.15) is 17.5 Å². The van der Waals surface area contributed by atoms with E-state index in [-0.39, 0.29) is 0 Å². The summed E-state index contributed by atoms with van der Waals surface area (Å²) in [5.74, 6) is 0. The molecule has 1 aliphatic heterocycles. The lowest BCUT2D eigenvalue weighted by atomic mass is 10.2. The molecule has 0 unspecified atom stereocenters. The maximum absolute atomic E-state index is 12.9. The average Bonchev–Trinajstić information content (AvgIpc) is 2.75. The van der Waals surface area contributed by atoms with Gasteiger partial charge in [-0.15, -0.1) is 0 Å². The molecule has 2 aromatic carbocycles. The van der Waals surface area contributed by atoms with Crippen LogP contribution in [0.15, 0.2) is 59.5 Å². The maximum atomic E-state index is 12.9. The van der Waals surface area contributed by atoms with Crippen LogP contribution in [-0.2, 0) is 27.8 Å². The zero-order valence-electron chi connectivity index (χ0n) is 17.1. The van der Waals surface area contributed by atoms with Gasteiger partial charge in [-0.05, 0) is 36.2 Å². The Kier molecular flexibility index (Phi) is 8.20. The fourth-order valence-corrected chi connectivity index (χ4v) is 4.69. The monoisotopic (exact) mass is 417 g/mol. The van der Waals surface area contributed by atoms with Gasteiger partial charge in [0.15, 0.2) is 0 Å². The van der Waals surface area contributed by atoms with Gasteiger partial charge in [0.25, 0.3) is 0 Å². The lowest BCUT2D eigenvalue weighted by Gasteiger charge is -2.27. The van der Waals surface area contributed by atoms with Crippen molar-refractivity contribution in [3.05, 3.63) is 65.7 Å². The van der Waals surface area contributed by atoms with E-state index >= 15 is 0 Å². The number of hydrogen-bond acceptors (Lipinski definition) is 5. The highest BCUT2D eigenvalue weighted by molar-refractivity contribution is 7.89. The van der Waals surface area contributed by atoms with Gasteiger partial charge < -0.3 is 10.1 Å². The van der Waals surface area contributed by atoms with E-state index in [0.29, 0.717) is 18.0 Å². The first-order chi connectivity index (χ1) is 14.1. The summed E-state index contributed by atoms with van der Waals surface area (Å²) in [5, 5.41) is 3.37. The summed E-state index contributed by atoms with van der Waals surface area (Å²) >= 11 is 0. The van der Waals surface area contributed by atoms with Crippen LogP contribution in [0.4, 0.5) is 0 Å². The molecule has 158 valence electrons. The highest BCUT2D eigenvalue weighted by Crippen LogP contribution is 2.16. The number of sulfonamides is 1. The summed E-state index contributed by atoms with van der Waals surface area (Å²) in [6.45, 7) is 6.16. The summed E-state index contributed by atoms with van der Waals surface area (Å²) < 4.78 is 32.7. The first-order valence-corrected chi connectivity index (χ1v) is 11.6. The van der Waals surface area contributed by atoms with E-state index in [2.05, 4.69) is 22.3 Å². The minimum absolute atomic E-state index is 0.352. The fourth-order valence-electron chi connectivity index (χ4n) is 3.40. The number of ether oxygens (including phenoxy) is 1. The summed E-state index contributed by atoms with van der Waals surface area (Å²) in [6, 6.07) is 17.4. The van der Waals surface area contributed by atoms with E-state index in [1.807, 2.05) is 30.3 Å². The summed E-state index contributed by atoms with van der Waals surface area (Å²) in [4.78, 5) is 2.67. The van der Waals surface area contributed by atoms with E-state index in [9.17, 15) is 8.42 Å². The molecule has 0 radical (unpaired) electrons. The number of rotatable bonds is 10. The molecule has 1 heterocycles. The third kappa shape index (κ3) is 6.62. The van der Waals surface area contributed by atoms with Crippen LogP contribution in [0.5, 0.6) is 0 Å². The predicted molar refractivity (Wildman–Crippen MR) is 115 cm³/mol. The molecule has 0 aromatic heterocycles. The minimum atomic E-state index is -3.48. The van der Waals surface area contributed by atoms with Crippen LogP contribution in [0.2, 0.25) is 0 Å². The van der Waals surface area contributed by atoms with Crippen molar-refractivity contribution >= 4 is 10.0 Å². The molecule has 1 aliphatic rings. The Hall–Kier alpha value is -1.77. The minimum Gasteiger partial charge on any atom is -0.379 e. The molecule has 6 nitrogen and oxygen atoms in total. The molecule has 1 N–H and O–H groups in total. The lowest BCUT2D eigenvalue weighted by Crippen LogP contribution is -2.38. The molecule has 0 amide bonds. The number of morpholine rings is 1. The van der Waals surface area contributed by atoms with Crippen LogP contribution in [0, 0.1) is 0 Å². The van der Waals surface area contributed by atoms with Crippen molar-refractivity contribution in [1.82, 2.24) is 14.5 Å². The fraction of sp³-hybridized carbons (Fsp3) is 0.455. The second-order valence-corrected chi connectivity index (χ2v) is 9.42. The van der Waals surface area contributed by atoms with E-state index in [4.69, 9.17) is 4.74 Å². The molecule has 0 bridgehead atoms. The molecule has 3 rings (SSSR count). The van der Waals surface area contributed by atoms with Crippen molar-refractivity contribution in [3.8, 4) is 0 Å². The van der Waals surface area contributed by atoms with Gasteiger partial charge in [0.2, 0.25) is 10.0 Å². The predicted octanol–water partition coefficient (Wildman–Crippen LogP) is 2.32. The zero-order valence-corrected chi connectivity index (χ0v) is 17.9. The Morgan fingerprint density at radius 1 is 1.00 bits per heavy atom. The van der Waals surface area contributed by atoms with Gasteiger partial charge in [0.1, 0.15) is 0 Å². The summed E-state index contributed by atoms with van der Waals surface area (Å²) in [6.07, 6.45) is 0.814. The van der Waals surface area contributed by atoms with Crippen molar-refractivity contribution in [2.75, 3.05) is 46.4 Å². The molecule has 2 aromatic rings. The van der Waals surface area contributed by atoms with E-state index in [0.717, 1.165) is 51.4 Å². The van der Waals surface area contributed by atoms with Gasteiger partial charge >= 0.3 is 0 Å². The van der Waals surface area contributed by atoms with E-state index in [1.165, 1.54) is 9.87 Å². The highest BCUT2D eigenvalue weighted by Gasteiger charge is 2.21. The van der Waals surface area contributed by atoms with Gasteiger partial charge in [-0.3, -0.25) is 4.90 Å². The molecular weight excluding hydrogens is 386 g/mol. The van der Waals surface area contributed by atoms with Crippen molar-refractivity contribution in [2.45, 2.75) is 24.4 Å². The van der Waals surface area contributed by atoms with Crippen LogP contribution >= 0.6 is 0 Å². The lowest BCUT2D eigenvalue weighted by molar-refractivity contribution is 0.0370.